The first kappa shape index (κ1) is 77.9. The monoisotopic (exact) mass is 1740 g/mol. The normalized spacial score (nSPS) is 12.0. The first-order chi connectivity index (χ1) is 66.5. The third-order valence-corrected chi connectivity index (χ3v) is 37.8. The summed E-state index contributed by atoms with van der Waals surface area (Å²) in [6.07, 6.45) is 0. The topological polar surface area (TPSA) is 37.8 Å². The highest BCUT2D eigenvalue weighted by Gasteiger charge is 2.44. The quantitative estimate of drug-likeness (QED) is 0.0744. The molecule has 628 valence electrons. The molecule has 0 amide bonds. The van der Waals surface area contributed by atoms with Crippen molar-refractivity contribution >= 4 is 189 Å². The number of nitrogens with zero attached hydrogens (tertiary/aromatic N) is 5. The van der Waals surface area contributed by atoms with Gasteiger partial charge in [-0.15, -0.1) is 0 Å². The Labute approximate surface area is 776 Å². The largest absolute Gasteiger partial charge is 0.456 e. The van der Waals surface area contributed by atoms with E-state index in [1.807, 2.05) is 6.07 Å². The fourth-order valence-corrected chi connectivity index (χ4v) is 31.9. The Bertz CT molecular complexity index is 9120. The van der Waals surface area contributed by atoms with Gasteiger partial charge in [0.25, 0.3) is 0 Å². The van der Waals surface area contributed by atoms with Gasteiger partial charge < -0.3 is 27.3 Å². The number of hydrogen-bond donors (Lipinski definition) is 0. The van der Waals surface area contributed by atoms with Gasteiger partial charge in [-0.1, -0.05) is 370 Å². The van der Waals surface area contributed by atoms with Crippen LogP contribution in [-0.4, -0.2) is 39.0 Å². The van der Waals surface area contributed by atoms with Crippen LogP contribution in [0.15, 0.2) is 520 Å². The molecular formula is C126H85N5OSi2. The molecule has 0 aliphatic rings. The van der Waals surface area contributed by atoms with Crippen LogP contribution < -0.4 is 41.5 Å². The van der Waals surface area contributed by atoms with Crippen LogP contribution in [-0.2, 0) is 0 Å². The lowest BCUT2D eigenvalue weighted by atomic mass is 10.0. The van der Waals surface area contributed by atoms with E-state index < -0.39 is 16.1 Å². The van der Waals surface area contributed by atoms with Gasteiger partial charge in [-0.25, -0.2) is 0 Å². The van der Waals surface area contributed by atoms with Crippen molar-refractivity contribution in [2.75, 3.05) is 0 Å². The summed E-state index contributed by atoms with van der Waals surface area (Å²) < 4.78 is 18.5. The van der Waals surface area contributed by atoms with Gasteiger partial charge in [0.05, 0.1) is 55.2 Å². The number of fused-ring (bicyclic) bond motifs is 19. The molecule has 0 saturated heterocycles. The molecule has 0 radical (unpaired) electrons. The van der Waals surface area contributed by atoms with Crippen LogP contribution in [0.3, 0.4) is 0 Å². The van der Waals surface area contributed by atoms with Gasteiger partial charge in [-0.2, -0.15) is 0 Å². The Balaban J connectivity index is 0.000000140. The van der Waals surface area contributed by atoms with E-state index in [-0.39, 0.29) is 0 Å². The number of aromatic nitrogens is 5. The van der Waals surface area contributed by atoms with Crippen LogP contribution in [0, 0.1) is 0 Å². The molecule has 0 N–H and O–H groups in total. The average molecular weight is 1740 g/mol. The zero-order valence-corrected chi connectivity index (χ0v) is 75.2. The molecule has 27 aromatic rings. The second kappa shape index (κ2) is 31.9. The first-order valence-corrected chi connectivity index (χ1v) is 50.2. The Morgan fingerprint density at radius 2 is 0.403 bits per heavy atom. The summed E-state index contributed by atoms with van der Waals surface area (Å²) in [5.41, 5.74) is 24.4. The number of hydrogen-bond acceptors (Lipinski definition) is 1. The second-order valence-corrected chi connectivity index (χ2v) is 42.9. The summed E-state index contributed by atoms with van der Waals surface area (Å²) in [4.78, 5) is 0. The van der Waals surface area contributed by atoms with E-state index in [1.165, 1.54) is 184 Å². The van der Waals surface area contributed by atoms with Crippen molar-refractivity contribution in [2.45, 2.75) is 0 Å². The molecule has 0 aliphatic carbocycles. The summed E-state index contributed by atoms with van der Waals surface area (Å²) in [6.45, 7) is 0. The lowest BCUT2D eigenvalue weighted by Crippen LogP contribution is -2.74. The fraction of sp³-hybridized carbons (Fsp3) is 0. The summed E-state index contributed by atoms with van der Waals surface area (Å²) in [5.74, 6) is 0. The van der Waals surface area contributed by atoms with Gasteiger partial charge in [0.15, 0.2) is 16.1 Å². The molecule has 21 aromatic carbocycles. The molecule has 6 aromatic heterocycles. The molecule has 8 heteroatoms. The molecule has 0 unspecified atom stereocenters. The van der Waals surface area contributed by atoms with Gasteiger partial charge in [0.1, 0.15) is 11.2 Å². The van der Waals surface area contributed by atoms with Crippen molar-refractivity contribution < 1.29 is 4.42 Å². The minimum absolute atomic E-state index is 0.912. The predicted molar refractivity (Wildman–Crippen MR) is 570 cm³/mol. The van der Waals surface area contributed by atoms with Crippen LogP contribution in [0.5, 0.6) is 0 Å². The van der Waals surface area contributed by atoms with Crippen LogP contribution in [0.2, 0.25) is 0 Å². The van der Waals surface area contributed by atoms with Crippen molar-refractivity contribution in [3.63, 3.8) is 0 Å². The maximum absolute atomic E-state index is 6.38. The third kappa shape index (κ3) is 12.3. The summed E-state index contributed by atoms with van der Waals surface area (Å²) in [6, 6.07) is 191. The molecule has 6 nitrogen and oxygen atoms in total. The van der Waals surface area contributed by atoms with Crippen molar-refractivity contribution in [3.05, 3.63) is 516 Å². The SMILES string of the molecule is c1ccc(-n2c3ccccc3c3cc(-c4ccc([Si](c5ccccc5)(c5ccccc5)c5ccc(-n6c7ccccc7c7cc8oc9ccccc9c8cc76)cc5)cc4)ccc32)cc1.c1ccc(-n2c3ccccc3c3cc(-c4cccc([Si](c5ccccc5)(c5ccccc5)c5ccc(-n6c7ccccc7c7c8c9ccccc9n(-c9ccccc9)c8ccc76)cc5)c4)ccc32)cc1. The Morgan fingerprint density at radius 1 is 0.134 bits per heavy atom. The molecule has 0 saturated carbocycles. The van der Waals surface area contributed by atoms with Crippen molar-refractivity contribution in [2.24, 2.45) is 0 Å². The third-order valence-electron chi connectivity index (χ3n) is 28.3. The van der Waals surface area contributed by atoms with Gasteiger partial charge in [-0.05, 0) is 209 Å². The molecule has 0 aliphatic heterocycles. The molecule has 27 rings (SSSR count). The fourth-order valence-electron chi connectivity index (χ4n) is 22.5. The number of benzene rings is 21. The number of furan rings is 1. The van der Waals surface area contributed by atoms with E-state index in [0.29, 0.717) is 0 Å². The van der Waals surface area contributed by atoms with Crippen LogP contribution >= 0.6 is 0 Å². The standard InChI is InChI=1S/C66H45N3Si.C60H40N2OSi/c1-5-21-48(22-6-1)67-59-33-16-13-30-55(59)58-45-47(36-41-62(58)67)46-20-19-29-54(44-46)70(51-25-9-3-10-26-51,52-27-11-4-12-28-52)53-39-37-50(38-40-53)69-61-35-18-15-32-57(61)66-64(69)43-42-63-65(66)56-31-14-17-34-60(56)68(63)49-23-7-2-8-24-49;1-4-16-43(17-5-1)61-55-25-13-10-22-49(55)52-38-42(30-37-57(52)61)41-28-33-47(34-29-41)64(45-18-6-2-7-19-45,46-20-8-3-9-21-46)48-35-31-44(32-36-48)62-56-26-14-11-23-50(56)53-40-60-54(39-58(53)62)51-24-12-15-27-59(51)63-60/h1-45H;1-40H. The number of para-hydroxylation sites is 9. The maximum atomic E-state index is 6.38. The highest BCUT2D eigenvalue weighted by atomic mass is 28.3. The van der Waals surface area contributed by atoms with E-state index >= 15 is 0 Å². The molecule has 0 bridgehead atoms. The average Bonchev–Trinajstić information content (AvgIpc) is 1.66. The molecule has 0 spiro atoms. The van der Waals surface area contributed by atoms with Crippen LogP contribution in [0.1, 0.15) is 0 Å². The minimum Gasteiger partial charge on any atom is -0.456 e. The predicted octanol–water partition coefficient (Wildman–Crippen LogP) is 26.8. The Kier molecular flexibility index (Phi) is 18.6. The lowest BCUT2D eigenvalue weighted by Gasteiger charge is -2.35. The van der Waals surface area contributed by atoms with Crippen LogP contribution in [0.4, 0.5) is 0 Å². The number of rotatable bonds is 15. The highest BCUT2D eigenvalue weighted by Crippen LogP contribution is 2.45. The Morgan fingerprint density at radius 3 is 0.821 bits per heavy atom. The van der Waals surface area contributed by atoms with Gasteiger partial charge in [0.2, 0.25) is 0 Å². The lowest BCUT2D eigenvalue weighted by molar-refractivity contribution is 0.669. The molecule has 134 heavy (non-hydrogen) atoms. The van der Waals surface area contributed by atoms with E-state index in [9.17, 15) is 0 Å². The summed E-state index contributed by atoms with van der Waals surface area (Å²) >= 11 is 0. The van der Waals surface area contributed by atoms with Crippen molar-refractivity contribution in [3.8, 4) is 50.7 Å². The smallest absolute Gasteiger partial charge is 0.179 e. The molecule has 6 heterocycles. The Hall–Kier alpha value is -17.1. The summed E-state index contributed by atoms with van der Waals surface area (Å²) in [7, 11) is -5.76. The van der Waals surface area contributed by atoms with Crippen LogP contribution in [0.25, 0.3) is 182 Å². The van der Waals surface area contributed by atoms with Crippen molar-refractivity contribution in [1.29, 1.82) is 0 Å². The van der Waals surface area contributed by atoms with Gasteiger partial charge >= 0.3 is 0 Å². The zero-order chi connectivity index (χ0) is 88.4. The van der Waals surface area contributed by atoms with E-state index in [2.05, 4.69) is 532 Å². The van der Waals surface area contributed by atoms with E-state index in [1.54, 1.807) is 0 Å². The summed E-state index contributed by atoms with van der Waals surface area (Å²) in [5, 5.41) is 25.5. The van der Waals surface area contributed by atoms with E-state index in [0.717, 1.165) is 39.0 Å². The molecular weight excluding hydrogens is 1660 g/mol. The second-order valence-electron chi connectivity index (χ2n) is 35.3. The minimum atomic E-state index is -2.93. The maximum Gasteiger partial charge on any atom is 0.179 e. The van der Waals surface area contributed by atoms with Gasteiger partial charge in [0, 0.05) is 93.1 Å². The van der Waals surface area contributed by atoms with Crippen molar-refractivity contribution in [1.82, 2.24) is 22.8 Å². The molecule has 0 atom stereocenters. The zero-order valence-electron chi connectivity index (χ0n) is 73.2. The highest BCUT2D eigenvalue weighted by molar-refractivity contribution is 7.20. The van der Waals surface area contributed by atoms with Gasteiger partial charge in [-0.3, -0.25) is 0 Å². The van der Waals surface area contributed by atoms with E-state index in [4.69, 9.17) is 4.42 Å². The first-order valence-electron chi connectivity index (χ1n) is 46.2. The molecule has 0 fully saturated rings.